The Bertz CT molecular complexity index is 439. The maximum absolute atomic E-state index is 12.2. The number of piperazine rings is 1. The standard InChI is InChI=1S/C9H11F3N4OS/c1-6-13-14-8(18-6)16-4-2-15(3-5-16)7(17)9(10,11)12/h2-5H2,1H3. The average molecular weight is 280 g/mol. The van der Waals surface area contributed by atoms with E-state index in [0.29, 0.717) is 18.2 Å². The molecule has 18 heavy (non-hydrogen) atoms. The zero-order valence-electron chi connectivity index (χ0n) is 9.57. The van der Waals surface area contributed by atoms with Crippen molar-refractivity contribution in [1.82, 2.24) is 15.1 Å². The molecule has 1 aromatic heterocycles. The summed E-state index contributed by atoms with van der Waals surface area (Å²) in [5.74, 6) is -1.77. The summed E-state index contributed by atoms with van der Waals surface area (Å²) in [7, 11) is 0. The van der Waals surface area contributed by atoms with Crippen molar-refractivity contribution in [3.05, 3.63) is 5.01 Å². The van der Waals surface area contributed by atoms with E-state index in [0.717, 1.165) is 9.91 Å². The van der Waals surface area contributed by atoms with Crippen molar-refractivity contribution in [2.24, 2.45) is 0 Å². The largest absolute Gasteiger partial charge is 0.471 e. The molecule has 1 amide bonds. The van der Waals surface area contributed by atoms with Gasteiger partial charge in [0.05, 0.1) is 0 Å². The Morgan fingerprint density at radius 3 is 2.28 bits per heavy atom. The molecule has 0 unspecified atom stereocenters. The Balaban J connectivity index is 1.94. The van der Waals surface area contributed by atoms with Crippen LogP contribution in [-0.2, 0) is 4.79 Å². The molecule has 9 heteroatoms. The molecule has 0 spiro atoms. The number of carbonyl (C=O) groups is 1. The zero-order valence-corrected chi connectivity index (χ0v) is 10.4. The summed E-state index contributed by atoms with van der Waals surface area (Å²) in [5.41, 5.74) is 0. The number of alkyl halides is 3. The van der Waals surface area contributed by atoms with Crippen LogP contribution in [0.4, 0.5) is 18.3 Å². The first-order valence-corrected chi connectivity index (χ1v) is 6.11. The topological polar surface area (TPSA) is 49.3 Å². The van der Waals surface area contributed by atoms with Crippen molar-refractivity contribution in [2.45, 2.75) is 13.1 Å². The Labute approximate surface area is 105 Å². The van der Waals surface area contributed by atoms with Gasteiger partial charge in [0, 0.05) is 26.2 Å². The molecule has 1 aliphatic rings. The number of halogens is 3. The van der Waals surface area contributed by atoms with Gasteiger partial charge < -0.3 is 9.80 Å². The molecule has 1 fully saturated rings. The van der Waals surface area contributed by atoms with Gasteiger partial charge in [0.1, 0.15) is 5.01 Å². The summed E-state index contributed by atoms with van der Waals surface area (Å²) in [4.78, 5) is 13.7. The van der Waals surface area contributed by atoms with E-state index in [1.54, 1.807) is 0 Å². The predicted molar refractivity (Wildman–Crippen MR) is 59.5 cm³/mol. The number of aryl methyl sites for hydroxylation is 1. The van der Waals surface area contributed by atoms with Crippen LogP contribution in [0.5, 0.6) is 0 Å². The molecule has 1 aliphatic heterocycles. The van der Waals surface area contributed by atoms with Crippen LogP contribution in [-0.4, -0.2) is 53.4 Å². The third-order valence-corrected chi connectivity index (χ3v) is 3.49. The highest BCUT2D eigenvalue weighted by atomic mass is 32.1. The minimum atomic E-state index is -4.79. The number of hydrogen-bond acceptors (Lipinski definition) is 5. The number of nitrogens with zero attached hydrogens (tertiary/aromatic N) is 4. The predicted octanol–water partition coefficient (Wildman–Crippen LogP) is 1.06. The molecular formula is C9H11F3N4OS. The van der Waals surface area contributed by atoms with Crippen molar-refractivity contribution < 1.29 is 18.0 Å². The Morgan fingerprint density at radius 2 is 1.83 bits per heavy atom. The molecular weight excluding hydrogens is 269 g/mol. The van der Waals surface area contributed by atoms with Crippen LogP contribution in [0, 0.1) is 6.92 Å². The van der Waals surface area contributed by atoms with Crippen molar-refractivity contribution in [3.63, 3.8) is 0 Å². The van der Waals surface area contributed by atoms with Gasteiger partial charge in [-0.2, -0.15) is 13.2 Å². The monoisotopic (exact) mass is 280 g/mol. The van der Waals surface area contributed by atoms with E-state index in [2.05, 4.69) is 10.2 Å². The molecule has 0 bridgehead atoms. The molecule has 0 aromatic carbocycles. The lowest BCUT2D eigenvalue weighted by Gasteiger charge is -2.34. The molecule has 2 heterocycles. The first-order valence-electron chi connectivity index (χ1n) is 5.29. The summed E-state index contributed by atoms with van der Waals surface area (Å²) in [5, 5.41) is 9.27. The number of anilines is 1. The van der Waals surface area contributed by atoms with Gasteiger partial charge in [0.2, 0.25) is 5.13 Å². The maximum atomic E-state index is 12.2. The van der Waals surface area contributed by atoms with Crippen molar-refractivity contribution >= 4 is 22.4 Å². The summed E-state index contributed by atoms with van der Waals surface area (Å²) < 4.78 is 36.7. The summed E-state index contributed by atoms with van der Waals surface area (Å²) in [6.07, 6.45) is -4.79. The Morgan fingerprint density at radius 1 is 1.22 bits per heavy atom. The molecule has 5 nitrogen and oxygen atoms in total. The zero-order chi connectivity index (χ0) is 13.3. The quantitative estimate of drug-likeness (QED) is 0.772. The van der Waals surface area contributed by atoms with Gasteiger partial charge in [-0.05, 0) is 6.92 Å². The van der Waals surface area contributed by atoms with Crippen LogP contribution in [0.3, 0.4) is 0 Å². The number of aromatic nitrogens is 2. The van der Waals surface area contributed by atoms with E-state index in [-0.39, 0.29) is 13.1 Å². The third kappa shape index (κ3) is 2.71. The van der Waals surface area contributed by atoms with E-state index in [4.69, 9.17) is 0 Å². The number of carbonyl (C=O) groups excluding carboxylic acids is 1. The number of rotatable bonds is 1. The lowest BCUT2D eigenvalue weighted by Crippen LogP contribution is -2.52. The molecule has 1 aromatic rings. The van der Waals surface area contributed by atoms with Gasteiger partial charge in [-0.3, -0.25) is 4.79 Å². The van der Waals surface area contributed by atoms with Crippen LogP contribution in [0.1, 0.15) is 5.01 Å². The summed E-state index contributed by atoms with van der Waals surface area (Å²) >= 11 is 1.39. The van der Waals surface area contributed by atoms with Crippen LogP contribution in [0.2, 0.25) is 0 Å². The highest BCUT2D eigenvalue weighted by molar-refractivity contribution is 7.15. The first-order chi connectivity index (χ1) is 8.38. The van der Waals surface area contributed by atoms with E-state index in [9.17, 15) is 18.0 Å². The van der Waals surface area contributed by atoms with Gasteiger partial charge in [-0.25, -0.2) is 0 Å². The SMILES string of the molecule is Cc1nnc(N2CCN(C(=O)C(F)(F)F)CC2)s1. The van der Waals surface area contributed by atoms with Crippen LogP contribution in [0.15, 0.2) is 0 Å². The second-order valence-corrected chi connectivity index (χ2v) is 5.04. The minimum Gasteiger partial charge on any atom is -0.343 e. The molecule has 0 saturated carbocycles. The average Bonchev–Trinajstić information content (AvgIpc) is 2.74. The lowest BCUT2D eigenvalue weighted by atomic mass is 10.3. The molecule has 100 valence electrons. The first kappa shape index (κ1) is 13.1. The second-order valence-electron chi connectivity index (χ2n) is 3.88. The van der Waals surface area contributed by atoms with Crippen LogP contribution >= 0.6 is 11.3 Å². The molecule has 0 N–H and O–H groups in total. The van der Waals surface area contributed by atoms with Gasteiger partial charge >= 0.3 is 12.1 Å². The summed E-state index contributed by atoms with van der Waals surface area (Å²) in [6.45, 7) is 2.60. The van der Waals surface area contributed by atoms with E-state index in [1.165, 1.54) is 11.3 Å². The van der Waals surface area contributed by atoms with Gasteiger partial charge in [0.25, 0.3) is 0 Å². The highest BCUT2D eigenvalue weighted by Crippen LogP contribution is 2.23. The van der Waals surface area contributed by atoms with Gasteiger partial charge in [0.15, 0.2) is 0 Å². The van der Waals surface area contributed by atoms with Gasteiger partial charge in [-0.15, -0.1) is 10.2 Å². The van der Waals surface area contributed by atoms with Crippen molar-refractivity contribution in [3.8, 4) is 0 Å². The molecule has 2 rings (SSSR count). The van der Waals surface area contributed by atoms with Crippen LogP contribution in [0.25, 0.3) is 0 Å². The Kier molecular flexibility index (Phi) is 3.42. The molecule has 0 radical (unpaired) electrons. The Hall–Kier alpha value is -1.38. The fourth-order valence-corrected chi connectivity index (χ4v) is 2.43. The number of amides is 1. The van der Waals surface area contributed by atoms with E-state index >= 15 is 0 Å². The van der Waals surface area contributed by atoms with Crippen molar-refractivity contribution in [1.29, 1.82) is 0 Å². The second kappa shape index (κ2) is 4.71. The highest BCUT2D eigenvalue weighted by Gasteiger charge is 2.43. The maximum Gasteiger partial charge on any atom is 0.471 e. The molecule has 0 aliphatic carbocycles. The normalized spacial score (nSPS) is 17.1. The van der Waals surface area contributed by atoms with Gasteiger partial charge in [-0.1, -0.05) is 11.3 Å². The third-order valence-electron chi connectivity index (χ3n) is 2.60. The number of hydrogen-bond donors (Lipinski definition) is 0. The van der Waals surface area contributed by atoms with Crippen LogP contribution < -0.4 is 4.90 Å². The lowest BCUT2D eigenvalue weighted by molar-refractivity contribution is -0.185. The molecule has 1 saturated heterocycles. The van der Waals surface area contributed by atoms with E-state index < -0.39 is 12.1 Å². The molecule has 0 atom stereocenters. The van der Waals surface area contributed by atoms with Crippen molar-refractivity contribution in [2.75, 3.05) is 31.1 Å². The fourth-order valence-electron chi connectivity index (χ4n) is 1.69. The van der Waals surface area contributed by atoms with E-state index in [1.807, 2.05) is 11.8 Å². The smallest absolute Gasteiger partial charge is 0.343 e. The summed E-state index contributed by atoms with van der Waals surface area (Å²) in [6, 6.07) is 0. The minimum absolute atomic E-state index is 0.0526. The fraction of sp³-hybridized carbons (Fsp3) is 0.667.